The van der Waals surface area contributed by atoms with Gasteiger partial charge in [0, 0.05) is 17.5 Å². The Kier molecular flexibility index (Phi) is 4.21. The third kappa shape index (κ3) is 3.60. The summed E-state index contributed by atoms with van der Waals surface area (Å²) in [5.74, 6) is 0.302. The zero-order valence-corrected chi connectivity index (χ0v) is 10.4. The second-order valence-corrected chi connectivity index (χ2v) is 4.76. The van der Waals surface area contributed by atoms with Gasteiger partial charge in [0.05, 0.1) is 0 Å². The maximum Gasteiger partial charge on any atom is 0.223 e. The molecule has 0 radical (unpaired) electrons. The quantitative estimate of drug-likeness (QED) is 0.819. The Bertz CT molecular complexity index is 411. The summed E-state index contributed by atoms with van der Waals surface area (Å²) in [5, 5.41) is 3.69. The lowest BCUT2D eigenvalue weighted by atomic mass is 9.93. The van der Waals surface area contributed by atoms with E-state index in [-0.39, 0.29) is 11.8 Å². The summed E-state index contributed by atoms with van der Waals surface area (Å²) in [6, 6.07) is 7.55. The third-order valence-corrected chi connectivity index (χ3v) is 3.27. The normalized spacial score (nSPS) is 19.0. The average Bonchev–Trinajstić information content (AvgIpc) is 2.39. The molecule has 90 valence electrons. The molecule has 1 amide bonds. The van der Waals surface area contributed by atoms with E-state index in [0.29, 0.717) is 6.54 Å². The smallest absolute Gasteiger partial charge is 0.223 e. The van der Waals surface area contributed by atoms with Gasteiger partial charge >= 0.3 is 0 Å². The van der Waals surface area contributed by atoms with Crippen molar-refractivity contribution in [3.05, 3.63) is 47.0 Å². The number of hydrogen-bond acceptors (Lipinski definition) is 1. The summed E-state index contributed by atoms with van der Waals surface area (Å²) in [4.78, 5) is 11.9. The number of hydrogen-bond donors (Lipinski definition) is 1. The van der Waals surface area contributed by atoms with Crippen LogP contribution in [0.4, 0.5) is 0 Å². The molecule has 1 aliphatic rings. The summed E-state index contributed by atoms with van der Waals surface area (Å²) >= 11 is 5.80. The lowest BCUT2D eigenvalue weighted by Gasteiger charge is -2.17. The van der Waals surface area contributed by atoms with Gasteiger partial charge < -0.3 is 5.32 Å². The molecule has 1 atom stereocenters. The van der Waals surface area contributed by atoms with Crippen LogP contribution in [0, 0.1) is 5.92 Å². The molecule has 2 nitrogen and oxygen atoms in total. The Labute approximate surface area is 107 Å². The number of amides is 1. The van der Waals surface area contributed by atoms with E-state index >= 15 is 0 Å². The van der Waals surface area contributed by atoms with E-state index in [4.69, 9.17) is 11.6 Å². The number of benzene rings is 1. The van der Waals surface area contributed by atoms with E-state index in [9.17, 15) is 4.79 Å². The van der Waals surface area contributed by atoms with Crippen molar-refractivity contribution in [3.63, 3.8) is 0 Å². The van der Waals surface area contributed by atoms with Crippen LogP contribution in [-0.2, 0) is 11.3 Å². The van der Waals surface area contributed by atoms with Gasteiger partial charge in [-0.15, -0.1) is 0 Å². The Morgan fingerprint density at radius 1 is 1.29 bits per heavy atom. The SMILES string of the molecule is O=C(NCc1ccc(Cl)cc1)[C@H]1CC=CCC1. The van der Waals surface area contributed by atoms with Crippen LogP contribution in [0.2, 0.25) is 5.02 Å². The van der Waals surface area contributed by atoms with Crippen molar-refractivity contribution < 1.29 is 4.79 Å². The van der Waals surface area contributed by atoms with Gasteiger partial charge in [0.15, 0.2) is 0 Å². The molecule has 0 fully saturated rings. The minimum absolute atomic E-state index is 0.146. The van der Waals surface area contributed by atoms with Crippen LogP contribution in [0.5, 0.6) is 0 Å². The van der Waals surface area contributed by atoms with Gasteiger partial charge in [0.1, 0.15) is 0 Å². The highest BCUT2D eigenvalue weighted by Gasteiger charge is 2.17. The van der Waals surface area contributed by atoms with Gasteiger partial charge in [-0.1, -0.05) is 35.9 Å². The lowest BCUT2D eigenvalue weighted by molar-refractivity contribution is -0.125. The Hall–Kier alpha value is -1.28. The zero-order chi connectivity index (χ0) is 12.1. The van der Waals surface area contributed by atoms with Crippen LogP contribution in [0.3, 0.4) is 0 Å². The molecule has 1 aromatic rings. The molecule has 1 N–H and O–H groups in total. The highest BCUT2D eigenvalue weighted by molar-refractivity contribution is 6.30. The molecule has 0 spiro atoms. The Morgan fingerprint density at radius 2 is 2.06 bits per heavy atom. The first-order chi connectivity index (χ1) is 8.25. The summed E-state index contributed by atoms with van der Waals surface area (Å²) < 4.78 is 0. The predicted octanol–water partition coefficient (Wildman–Crippen LogP) is 3.31. The van der Waals surface area contributed by atoms with E-state index in [1.165, 1.54) is 0 Å². The molecular weight excluding hydrogens is 234 g/mol. The van der Waals surface area contributed by atoms with Gasteiger partial charge in [-0.3, -0.25) is 4.79 Å². The Morgan fingerprint density at radius 3 is 2.71 bits per heavy atom. The number of allylic oxidation sites excluding steroid dienone is 2. The number of carbonyl (C=O) groups excluding carboxylic acids is 1. The molecule has 0 aliphatic heterocycles. The number of rotatable bonds is 3. The van der Waals surface area contributed by atoms with Crippen LogP contribution in [0.25, 0.3) is 0 Å². The fraction of sp³-hybridized carbons (Fsp3) is 0.357. The number of nitrogens with one attached hydrogen (secondary N) is 1. The van der Waals surface area contributed by atoms with Crippen molar-refractivity contribution in [2.45, 2.75) is 25.8 Å². The molecule has 1 aliphatic carbocycles. The standard InChI is InChI=1S/C14H16ClNO/c15-13-8-6-11(7-9-13)10-16-14(17)12-4-2-1-3-5-12/h1-2,6-9,12H,3-5,10H2,(H,16,17)/t12-/m0/s1. The van der Waals surface area contributed by atoms with Crippen LogP contribution < -0.4 is 5.32 Å². The van der Waals surface area contributed by atoms with Crippen LogP contribution in [0.15, 0.2) is 36.4 Å². The lowest BCUT2D eigenvalue weighted by Crippen LogP contribution is -2.30. The fourth-order valence-corrected chi connectivity index (χ4v) is 2.09. The topological polar surface area (TPSA) is 29.1 Å². The summed E-state index contributed by atoms with van der Waals surface area (Å²) in [6.45, 7) is 0.580. The summed E-state index contributed by atoms with van der Waals surface area (Å²) in [7, 11) is 0. The first-order valence-corrected chi connectivity index (χ1v) is 6.30. The molecule has 0 unspecified atom stereocenters. The van der Waals surface area contributed by atoms with Gasteiger partial charge in [0.25, 0.3) is 0 Å². The molecule has 2 rings (SSSR count). The van der Waals surface area contributed by atoms with E-state index in [1.807, 2.05) is 24.3 Å². The molecule has 0 aromatic heterocycles. The minimum Gasteiger partial charge on any atom is -0.352 e. The highest BCUT2D eigenvalue weighted by atomic mass is 35.5. The third-order valence-electron chi connectivity index (χ3n) is 3.02. The van der Waals surface area contributed by atoms with Crippen molar-refractivity contribution in [1.82, 2.24) is 5.32 Å². The molecule has 0 heterocycles. The van der Waals surface area contributed by atoms with Crippen LogP contribution in [-0.4, -0.2) is 5.91 Å². The van der Waals surface area contributed by atoms with E-state index in [0.717, 1.165) is 29.8 Å². The molecule has 0 saturated heterocycles. The van der Waals surface area contributed by atoms with Crippen molar-refractivity contribution >= 4 is 17.5 Å². The summed E-state index contributed by atoms with van der Waals surface area (Å²) in [5.41, 5.74) is 1.08. The second kappa shape index (κ2) is 5.87. The largest absolute Gasteiger partial charge is 0.352 e. The highest BCUT2D eigenvalue weighted by Crippen LogP contribution is 2.18. The molecule has 0 bridgehead atoms. The zero-order valence-electron chi connectivity index (χ0n) is 9.66. The monoisotopic (exact) mass is 249 g/mol. The molecular formula is C14H16ClNO. The molecule has 1 aromatic carbocycles. The van der Waals surface area contributed by atoms with Gasteiger partial charge in [-0.2, -0.15) is 0 Å². The average molecular weight is 250 g/mol. The van der Waals surface area contributed by atoms with Gasteiger partial charge in [-0.25, -0.2) is 0 Å². The number of halogens is 1. The van der Waals surface area contributed by atoms with Crippen molar-refractivity contribution in [1.29, 1.82) is 0 Å². The number of carbonyl (C=O) groups is 1. The Balaban J connectivity index is 1.83. The van der Waals surface area contributed by atoms with E-state index in [1.54, 1.807) is 0 Å². The van der Waals surface area contributed by atoms with Gasteiger partial charge in [0.2, 0.25) is 5.91 Å². The second-order valence-electron chi connectivity index (χ2n) is 4.33. The van der Waals surface area contributed by atoms with Crippen molar-refractivity contribution in [2.24, 2.45) is 5.92 Å². The maximum atomic E-state index is 11.9. The van der Waals surface area contributed by atoms with Crippen LogP contribution in [0.1, 0.15) is 24.8 Å². The van der Waals surface area contributed by atoms with Gasteiger partial charge in [-0.05, 0) is 37.0 Å². The van der Waals surface area contributed by atoms with E-state index < -0.39 is 0 Å². The first-order valence-electron chi connectivity index (χ1n) is 5.93. The molecule has 0 saturated carbocycles. The molecule has 17 heavy (non-hydrogen) atoms. The first kappa shape index (κ1) is 12.2. The van der Waals surface area contributed by atoms with Crippen molar-refractivity contribution in [2.75, 3.05) is 0 Å². The summed E-state index contributed by atoms with van der Waals surface area (Å²) in [6.07, 6.45) is 7.08. The maximum absolute atomic E-state index is 11.9. The molecule has 3 heteroatoms. The van der Waals surface area contributed by atoms with E-state index in [2.05, 4.69) is 17.5 Å². The predicted molar refractivity (Wildman–Crippen MR) is 69.8 cm³/mol. The fourth-order valence-electron chi connectivity index (χ4n) is 1.97. The minimum atomic E-state index is 0.146. The van der Waals surface area contributed by atoms with Crippen LogP contribution >= 0.6 is 11.6 Å². The van der Waals surface area contributed by atoms with Crippen molar-refractivity contribution in [3.8, 4) is 0 Å².